The molecule has 0 aromatic heterocycles. The third kappa shape index (κ3) is 5.22. The number of carbonyl (C=O) groups excluding carboxylic acids is 2. The highest BCUT2D eigenvalue weighted by Gasteiger charge is 2.18. The van der Waals surface area contributed by atoms with Crippen molar-refractivity contribution in [2.75, 3.05) is 24.9 Å². The third-order valence-electron chi connectivity index (χ3n) is 4.28. The van der Waals surface area contributed by atoms with Gasteiger partial charge in [0.25, 0.3) is 11.8 Å². The summed E-state index contributed by atoms with van der Waals surface area (Å²) in [5.74, 6) is -0.316. The summed E-state index contributed by atoms with van der Waals surface area (Å²) in [7, 11) is 2.86. The van der Waals surface area contributed by atoms with E-state index in [9.17, 15) is 9.59 Å². The summed E-state index contributed by atoms with van der Waals surface area (Å²) in [6.07, 6.45) is 0. The predicted molar refractivity (Wildman–Crippen MR) is 123 cm³/mol. The first-order valence-electron chi connectivity index (χ1n) is 8.92. The molecule has 0 saturated carbocycles. The molecule has 0 aliphatic carbocycles. The van der Waals surface area contributed by atoms with Crippen LogP contribution in [0.1, 0.15) is 20.7 Å². The van der Waals surface area contributed by atoms with E-state index in [0.717, 1.165) is 0 Å². The number of hydrogen-bond donors (Lipinski definition) is 2. The van der Waals surface area contributed by atoms with Crippen molar-refractivity contribution in [3.63, 3.8) is 0 Å². The van der Waals surface area contributed by atoms with E-state index in [4.69, 9.17) is 44.3 Å². The molecule has 0 spiro atoms. The topological polar surface area (TPSA) is 76.7 Å². The number of ether oxygens (including phenoxy) is 2. The van der Waals surface area contributed by atoms with E-state index < -0.39 is 5.91 Å². The molecule has 0 saturated heterocycles. The highest BCUT2D eigenvalue weighted by atomic mass is 35.5. The first-order chi connectivity index (χ1) is 14.8. The quantitative estimate of drug-likeness (QED) is 0.443. The van der Waals surface area contributed by atoms with Crippen molar-refractivity contribution < 1.29 is 19.1 Å². The molecule has 3 aromatic carbocycles. The minimum Gasteiger partial charge on any atom is -0.494 e. The highest BCUT2D eigenvalue weighted by molar-refractivity contribution is 6.36. The van der Waals surface area contributed by atoms with Gasteiger partial charge < -0.3 is 20.1 Å². The van der Waals surface area contributed by atoms with Gasteiger partial charge in [-0.1, -0.05) is 46.9 Å². The zero-order valence-electron chi connectivity index (χ0n) is 16.5. The van der Waals surface area contributed by atoms with Gasteiger partial charge in [-0.3, -0.25) is 9.59 Å². The van der Waals surface area contributed by atoms with Gasteiger partial charge in [0.15, 0.2) is 0 Å². The molecule has 0 aliphatic rings. The molecule has 9 heteroatoms. The molecule has 0 heterocycles. The Kier molecular flexibility index (Phi) is 7.28. The fourth-order valence-corrected chi connectivity index (χ4v) is 3.63. The molecule has 2 amide bonds. The van der Waals surface area contributed by atoms with Gasteiger partial charge in [-0.05, 0) is 36.4 Å². The molecule has 0 unspecified atom stereocenters. The zero-order chi connectivity index (χ0) is 22.5. The van der Waals surface area contributed by atoms with Gasteiger partial charge in [0, 0.05) is 16.8 Å². The standard InChI is InChI=1S/C22H17Cl3N2O4/c1-30-19-11-13(26-22(29)15-9-12(23)10-17(25)20(15)31-2)7-8-18(19)27-21(28)14-5-3-4-6-16(14)24/h3-11H,1-2H3,(H,26,29)(H,27,28). The Labute approximate surface area is 194 Å². The number of benzene rings is 3. The van der Waals surface area contributed by atoms with Gasteiger partial charge >= 0.3 is 0 Å². The first kappa shape index (κ1) is 22.7. The molecule has 2 N–H and O–H groups in total. The smallest absolute Gasteiger partial charge is 0.259 e. The van der Waals surface area contributed by atoms with Crippen LogP contribution in [-0.4, -0.2) is 26.0 Å². The van der Waals surface area contributed by atoms with Crippen LogP contribution >= 0.6 is 34.8 Å². The second-order valence-electron chi connectivity index (χ2n) is 6.27. The largest absolute Gasteiger partial charge is 0.494 e. The maximum atomic E-state index is 12.7. The molecular weight excluding hydrogens is 463 g/mol. The van der Waals surface area contributed by atoms with Crippen LogP contribution in [-0.2, 0) is 0 Å². The summed E-state index contributed by atoms with van der Waals surface area (Å²) in [6, 6.07) is 14.4. The summed E-state index contributed by atoms with van der Waals surface area (Å²) >= 11 is 18.2. The number of nitrogens with one attached hydrogen (secondary N) is 2. The van der Waals surface area contributed by atoms with E-state index in [1.54, 1.807) is 42.5 Å². The molecule has 0 radical (unpaired) electrons. The van der Waals surface area contributed by atoms with Gasteiger partial charge in [0.05, 0.1) is 41.1 Å². The number of methoxy groups -OCH3 is 2. The monoisotopic (exact) mass is 478 g/mol. The van der Waals surface area contributed by atoms with Crippen LogP contribution in [0.25, 0.3) is 0 Å². The average Bonchev–Trinajstić information content (AvgIpc) is 2.74. The van der Waals surface area contributed by atoms with Crippen molar-refractivity contribution in [2.24, 2.45) is 0 Å². The molecule has 160 valence electrons. The van der Waals surface area contributed by atoms with Gasteiger partial charge in [-0.2, -0.15) is 0 Å². The molecule has 0 bridgehead atoms. The molecule has 3 rings (SSSR count). The van der Waals surface area contributed by atoms with Crippen molar-refractivity contribution in [3.8, 4) is 11.5 Å². The lowest BCUT2D eigenvalue weighted by atomic mass is 10.1. The number of anilines is 2. The van der Waals surface area contributed by atoms with E-state index in [-0.39, 0.29) is 22.2 Å². The van der Waals surface area contributed by atoms with Crippen molar-refractivity contribution in [3.05, 3.63) is 80.8 Å². The lowest BCUT2D eigenvalue weighted by Gasteiger charge is -2.14. The fourth-order valence-electron chi connectivity index (χ4n) is 2.84. The molecule has 0 aliphatic heterocycles. The molecule has 3 aromatic rings. The van der Waals surface area contributed by atoms with Crippen LogP contribution in [0.5, 0.6) is 11.5 Å². The zero-order valence-corrected chi connectivity index (χ0v) is 18.7. The summed E-state index contributed by atoms with van der Waals surface area (Å²) in [5.41, 5.74) is 1.34. The first-order valence-corrected chi connectivity index (χ1v) is 10.1. The number of amides is 2. The van der Waals surface area contributed by atoms with Crippen LogP contribution in [0.4, 0.5) is 11.4 Å². The van der Waals surface area contributed by atoms with Crippen molar-refractivity contribution in [2.45, 2.75) is 0 Å². The summed E-state index contributed by atoms with van der Waals surface area (Å²) in [4.78, 5) is 25.3. The molecule has 0 atom stereocenters. The third-order valence-corrected chi connectivity index (χ3v) is 5.11. The van der Waals surface area contributed by atoms with Crippen LogP contribution in [0.2, 0.25) is 15.1 Å². The van der Waals surface area contributed by atoms with E-state index in [2.05, 4.69) is 10.6 Å². The predicted octanol–water partition coefficient (Wildman–Crippen LogP) is 6.17. The Hall–Kier alpha value is -2.93. The number of hydrogen-bond acceptors (Lipinski definition) is 4. The van der Waals surface area contributed by atoms with E-state index in [1.807, 2.05) is 0 Å². The van der Waals surface area contributed by atoms with Gasteiger partial charge in [0.2, 0.25) is 0 Å². The Bertz CT molecular complexity index is 1150. The minimum atomic E-state index is -0.476. The summed E-state index contributed by atoms with van der Waals surface area (Å²) in [5, 5.41) is 6.33. The second kappa shape index (κ2) is 9.92. The molecule has 31 heavy (non-hydrogen) atoms. The lowest BCUT2D eigenvalue weighted by molar-refractivity contribution is 0.101. The fraction of sp³-hybridized carbons (Fsp3) is 0.0909. The SMILES string of the molecule is COc1cc(NC(=O)c2cc(Cl)cc(Cl)c2OC)ccc1NC(=O)c1ccccc1Cl. The number of halogens is 3. The van der Waals surface area contributed by atoms with Crippen molar-refractivity contribution in [1.29, 1.82) is 0 Å². The second-order valence-corrected chi connectivity index (χ2v) is 7.52. The molecule has 0 fully saturated rings. The summed E-state index contributed by atoms with van der Waals surface area (Å²) < 4.78 is 10.6. The van der Waals surface area contributed by atoms with Gasteiger partial charge in [0.1, 0.15) is 11.5 Å². The van der Waals surface area contributed by atoms with Crippen molar-refractivity contribution >= 4 is 58.0 Å². The van der Waals surface area contributed by atoms with E-state index in [0.29, 0.717) is 32.7 Å². The number of rotatable bonds is 6. The van der Waals surface area contributed by atoms with Crippen LogP contribution in [0, 0.1) is 0 Å². The van der Waals surface area contributed by atoms with E-state index >= 15 is 0 Å². The van der Waals surface area contributed by atoms with Crippen LogP contribution in [0.3, 0.4) is 0 Å². The highest BCUT2D eigenvalue weighted by Crippen LogP contribution is 2.34. The van der Waals surface area contributed by atoms with Gasteiger partial charge in [-0.15, -0.1) is 0 Å². The Balaban J connectivity index is 1.83. The van der Waals surface area contributed by atoms with Crippen LogP contribution < -0.4 is 20.1 Å². The summed E-state index contributed by atoms with van der Waals surface area (Å²) in [6.45, 7) is 0. The van der Waals surface area contributed by atoms with Gasteiger partial charge in [-0.25, -0.2) is 0 Å². The Morgan fingerprint density at radius 1 is 0.774 bits per heavy atom. The van der Waals surface area contributed by atoms with Crippen LogP contribution in [0.15, 0.2) is 54.6 Å². The van der Waals surface area contributed by atoms with Crippen molar-refractivity contribution in [1.82, 2.24) is 0 Å². The Morgan fingerprint density at radius 3 is 2.16 bits per heavy atom. The average molecular weight is 480 g/mol. The molecule has 6 nitrogen and oxygen atoms in total. The minimum absolute atomic E-state index is 0.176. The normalized spacial score (nSPS) is 10.4. The molecular formula is C22H17Cl3N2O4. The number of carbonyl (C=O) groups is 2. The Morgan fingerprint density at radius 2 is 1.48 bits per heavy atom. The maximum absolute atomic E-state index is 12.7. The maximum Gasteiger partial charge on any atom is 0.259 e. The van der Waals surface area contributed by atoms with E-state index in [1.165, 1.54) is 26.4 Å². The lowest BCUT2D eigenvalue weighted by Crippen LogP contribution is -2.15.